The monoisotopic (exact) mass is 318 g/mol. The van der Waals surface area contributed by atoms with Crippen LogP contribution >= 0.6 is 11.6 Å². The number of halogens is 1. The molecule has 2 rings (SSSR count). The van der Waals surface area contributed by atoms with Crippen LogP contribution in [0.15, 0.2) is 48.5 Å². The van der Waals surface area contributed by atoms with Gasteiger partial charge in [-0.2, -0.15) is 0 Å². The van der Waals surface area contributed by atoms with Gasteiger partial charge in [0.15, 0.2) is 0 Å². The van der Waals surface area contributed by atoms with E-state index in [0.29, 0.717) is 12.3 Å². The van der Waals surface area contributed by atoms with Crippen molar-refractivity contribution in [2.24, 2.45) is 0 Å². The number of anilines is 1. The van der Waals surface area contributed by atoms with Crippen molar-refractivity contribution < 1.29 is 9.72 Å². The molecule has 0 unspecified atom stereocenters. The number of benzene rings is 2. The summed E-state index contributed by atoms with van der Waals surface area (Å²) in [7, 11) is 0. The van der Waals surface area contributed by atoms with Crippen LogP contribution in [0.1, 0.15) is 12.8 Å². The van der Waals surface area contributed by atoms with E-state index in [1.165, 1.54) is 6.07 Å². The number of hydrogen-bond acceptors (Lipinski definition) is 3. The zero-order chi connectivity index (χ0) is 15.9. The van der Waals surface area contributed by atoms with Crippen molar-refractivity contribution in [2.75, 3.05) is 11.2 Å². The quantitative estimate of drug-likeness (QED) is 0.492. The summed E-state index contributed by atoms with van der Waals surface area (Å²) >= 11 is 5.53. The van der Waals surface area contributed by atoms with Crippen LogP contribution in [-0.4, -0.2) is 16.7 Å². The number of nitrogens with one attached hydrogen (secondary N) is 1. The van der Waals surface area contributed by atoms with Crippen LogP contribution in [0, 0.1) is 10.1 Å². The number of rotatable bonds is 6. The number of carbonyl (C=O) groups is 1. The van der Waals surface area contributed by atoms with Crippen molar-refractivity contribution in [2.45, 2.75) is 12.8 Å². The number of hydrogen-bond donors (Lipinski definition) is 1. The van der Waals surface area contributed by atoms with E-state index in [-0.39, 0.29) is 23.7 Å². The van der Waals surface area contributed by atoms with Gasteiger partial charge in [0.2, 0.25) is 5.91 Å². The van der Waals surface area contributed by atoms with Crippen molar-refractivity contribution in [3.63, 3.8) is 0 Å². The predicted molar refractivity (Wildman–Crippen MR) is 87.1 cm³/mol. The van der Waals surface area contributed by atoms with Crippen LogP contribution in [0.3, 0.4) is 0 Å². The van der Waals surface area contributed by atoms with Gasteiger partial charge in [-0.25, -0.2) is 0 Å². The molecule has 0 fully saturated rings. The highest BCUT2D eigenvalue weighted by Crippen LogP contribution is 2.30. The molecule has 5 nitrogen and oxygen atoms in total. The van der Waals surface area contributed by atoms with Crippen molar-refractivity contribution in [1.29, 1.82) is 0 Å². The van der Waals surface area contributed by atoms with E-state index in [9.17, 15) is 14.9 Å². The Morgan fingerprint density at radius 1 is 1.14 bits per heavy atom. The lowest BCUT2D eigenvalue weighted by molar-refractivity contribution is -0.383. The highest BCUT2D eigenvalue weighted by atomic mass is 35.5. The second kappa shape index (κ2) is 7.56. The van der Waals surface area contributed by atoms with Crippen molar-refractivity contribution in [1.82, 2.24) is 0 Å². The van der Waals surface area contributed by atoms with Crippen molar-refractivity contribution >= 4 is 28.9 Å². The minimum Gasteiger partial charge on any atom is -0.320 e. The van der Waals surface area contributed by atoms with E-state index in [2.05, 4.69) is 5.32 Å². The molecule has 2 aromatic rings. The smallest absolute Gasteiger partial charge is 0.293 e. The third-order valence-electron chi connectivity index (χ3n) is 3.11. The molecule has 0 aliphatic rings. The molecule has 0 heterocycles. The van der Waals surface area contributed by atoms with Gasteiger partial charge in [0.05, 0.1) is 4.92 Å². The van der Waals surface area contributed by atoms with Gasteiger partial charge in [-0.1, -0.05) is 36.4 Å². The van der Waals surface area contributed by atoms with Crippen LogP contribution in [0.4, 0.5) is 11.4 Å². The summed E-state index contributed by atoms with van der Waals surface area (Å²) < 4.78 is 0. The first-order chi connectivity index (χ1) is 10.6. The van der Waals surface area contributed by atoms with Crippen LogP contribution in [0.5, 0.6) is 0 Å². The lowest BCUT2D eigenvalue weighted by Gasteiger charge is -2.08. The molecular formula is C16H15ClN2O3. The van der Waals surface area contributed by atoms with Gasteiger partial charge in [0.25, 0.3) is 5.69 Å². The minimum absolute atomic E-state index is 0.124. The summed E-state index contributed by atoms with van der Waals surface area (Å²) in [6.45, 7) is 0. The number of nitro benzene ring substituents is 1. The van der Waals surface area contributed by atoms with Crippen LogP contribution in [-0.2, 0) is 4.79 Å². The van der Waals surface area contributed by atoms with E-state index in [1.54, 1.807) is 12.1 Å². The Labute approximate surface area is 133 Å². The maximum atomic E-state index is 11.7. The molecule has 1 N–H and O–H groups in total. The van der Waals surface area contributed by atoms with Gasteiger partial charge in [-0.05, 0) is 23.6 Å². The van der Waals surface area contributed by atoms with Crippen molar-refractivity contribution in [3.05, 3.63) is 58.6 Å². The summed E-state index contributed by atoms with van der Waals surface area (Å²) in [4.78, 5) is 22.4. The second-order valence-corrected chi connectivity index (χ2v) is 5.07. The SMILES string of the molecule is O=C(CCCCl)Nc1ccc(-c2ccccc2)cc1[N+](=O)[O-]. The maximum absolute atomic E-state index is 11.7. The number of carbonyl (C=O) groups excluding carboxylic acids is 1. The third kappa shape index (κ3) is 4.05. The van der Waals surface area contributed by atoms with E-state index in [1.807, 2.05) is 30.3 Å². The molecule has 6 heteroatoms. The van der Waals surface area contributed by atoms with Crippen LogP contribution < -0.4 is 5.32 Å². The molecule has 2 aromatic carbocycles. The zero-order valence-electron chi connectivity index (χ0n) is 11.8. The van der Waals surface area contributed by atoms with Crippen molar-refractivity contribution in [3.8, 4) is 11.1 Å². The highest BCUT2D eigenvalue weighted by molar-refractivity contribution is 6.18. The van der Waals surface area contributed by atoms with Gasteiger partial charge >= 0.3 is 0 Å². The topological polar surface area (TPSA) is 72.2 Å². The Bertz CT molecular complexity index is 674. The first-order valence-corrected chi connectivity index (χ1v) is 7.35. The fourth-order valence-electron chi connectivity index (χ4n) is 2.04. The molecule has 0 radical (unpaired) electrons. The van der Waals surface area contributed by atoms with Gasteiger partial charge < -0.3 is 5.32 Å². The summed E-state index contributed by atoms with van der Waals surface area (Å²) in [6.07, 6.45) is 0.768. The molecule has 1 amide bonds. The Kier molecular flexibility index (Phi) is 5.49. The van der Waals surface area contributed by atoms with Gasteiger partial charge in [0.1, 0.15) is 5.69 Å². The number of nitro groups is 1. The number of amides is 1. The largest absolute Gasteiger partial charge is 0.320 e. The minimum atomic E-state index is -0.496. The van der Waals surface area contributed by atoms with E-state index in [0.717, 1.165) is 11.1 Å². The summed E-state index contributed by atoms with van der Waals surface area (Å²) in [6, 6.07) is 14.1. The summed E-state index contributed by atoms with van der Waals surface area (Å²) in [5, 5.41) is 13.8. The average molecular weight is 319 g/mol. The maximum Gasteiger partial charge on any atom is 0.293 e. The fourth-order valence-corrected chi connectivity index (χ4v) is 2.17. The first kappa shape index (κ1) is 16.0. The molecule has 0 spiro atoms. The molecule has 0 atom stereocenters. The highest BCUT2D eigenvalue weighted by Gasteiger charge is 2.17. The fraction of sp³-hybridized carbons (Fsp3) is 0.188. The molecule has 114 valence electrons. The van der Waals surface area contributed by atoms with E-state index >= 15 is 0 Å². The molecular weight excluding hydrogens is 304 g/mol. The standard InChI is InChI=1S/C16H15ClN2O3/c17-10-4-7-16(20)18-14-9-8-13(11-15(14)19(21)22)12-5-2-1-3-6-12/h1-3,5-6,8-9,11H,4,7,10H2,(H,18,20). The first-order valence-electron chi connectivity index (χ1n) is 6.81. The molecule has 0 bridgehead atoms. The lowest BCUT2D eigenvalue weighted by atomic mass is 10.0. The van der Waals surface area contributed by atoms with Crippen LogP contribution in [0.2, 0.25) is 0 Å². The van der Waals surface area contributed by atoms with Gasteiger partial charge in [0, 0.05) is 18.4 Å². The second-order valence-electron chi connectivity index (χ2n) is 4.70. The Morgan fingerprint density at radius 2 is 1.86 bits per heavy atom. The molecule has 0 aromatic heterocycles. The third-order valence-corrected chi connectivity index (χ3v) is 3.38. The van der Waals surface area contributed by atoms with Gasteiger partial charge in [-0.3, -0.25) is 14.9 Å². The molecule has 0 saturated heterocycles. The summed E-state index contributed by atoms with van der Waals surface area (Å²) in [5.74, 6) is 0.0962. The van der Waals surface area contributed by atoms with E-state index in [4.69, 9.17) is 11.6 Å². The average Bonchev–Trinajstić information content (AvgIpc) is 2.54. The lowest BCUT2D eigenvalue weighted by Crippen LogP contribution is -2.12. The number of nitrogens with zero attached hydrogens (tertiary/aromatic N) is 1. The summed E-state index contributed by atoms with van der Waals surface area (Å²) in [5.41, 5.74) is 1.68. The molecule has 0 saturated carbocycles. The molecule has 0 aliphatic carbocycles. The number of alkyl halides is 1. The Morgan fingerprint density at radius 3 is 2.50 bits per heavy atom. The van der Waals surface area contributed by atoms with E-state index < -0.39 is 4.92 Å². The van der Waals surface area contributed by atoms with Crippen LogP contribution in [0.25, 0.3) is 11.1 Å². The Hall–Kier alpha value is -2.40. The van der Waals surface area contributed by atoms with Gasteiger partial charge in [-0.15, -0.1) is 11.6 Å². The Balaban J connectivity index is 2.28. The normalized spacial score (nSPS) is 10.2. The zero-order valence-corrected chi connectivity index (χ0v) is 12.5. The molecule has 22 heavy (non-hydrogen) atoms. The predicted octanol–water partition coefficient (Wildman–Crippen LogP) is 4.22. The molecule has 0 aliphatic heterocycles.